The van der Waals surface area contributed by atoms with E-state index < -0.39 is 0 Å². The quantitative estimate of drug-likeness (QED) is 0.645. The van der Waals surface area contributed by atoms with Crippen molar-refractivity contribution in [1.29, 1.82) is 0 Å². The maximum Gasteiger partial charge on any atom is 0.126 e. The summed E-state index contributed by atoms with van der Waals surface area (Å²) in [5.41, 5.74) is 0.798. The Morgan fingerprint density at radius 2 is 2.15 bits per heavy atom. The number of benzene rings is 1. The van der Waals surface area contributed by atoms with Gasteiger partial charge in [0.25, 0.3) is 0 Å². The minimum absolute atomic E-state index is 0.106. The molecular formula is C11H13FO. The SMILES string of the molecule is C[C@@H]1C[C@@H](c2ccccc2F)CO1. The predicted octanol–water partition coefficient (Wildman–Crippen LogP) is 2.72. The second kappa shape index (κ2) is 3.46. The second-order valence-electron chi connectivity index (χ2n) is 3.60. The number of ether oxygens (including phenoxy) is 1. The summed E-state index contributed by atoms with van der Waals surface area (Å²) < 4.78 is 18.7. The summed E-state index contributed by atoms with van der Waals surface area (Å²) in [7, 11) is 0. The summed E-state index contributed by atoms with van der Waals surface area (Å²) in [5.74, 6) is 0.140. The Morgan fingerprint density at radius 3 is 2.77 bits per heavy atom. The summed E-state index contributed by atoms with van der Waals surface area (Å²) in [6.07, 6.45) is 1.20. The molecule has 1 heterocycles. The first-order chi connectivity index (χ1) is 6.27. The Morgan fingerprint density at radius 1 is 1.38 bits per heavy atom. The van der Waals surface area contributed by atoms with Crippen LogP contribution in [0, 0.1) is 5.82 Å². The molecule has 1 aromatic rings. The van der Waals surface area contributed by atoms with Gasteiger partial charge in [-0.15, -0.1) is 0 Å². The Bertz CT molecular complexity index is 298. The third-order valence-electron chi connectivity index (χ3n) is 2.54. The largest absolute Gasteiger partial charge is 0.378 e. The van der Waals surface area contributed by atoms with Crippen molar-refractivity contribution in [1.82, 2.24) is 0 Å². The van der Waals surface area contributed by atoms with Gasteiger partial charge in [0.05, 0.1) is 12.7 Å². The zero-order valence-corrected chi connectivity index (χ0v) is 7.66. The molecule has 0 aromatic heterocycles. The van der Waals surface area contributed by atoms with Crippen LogP contribution in [0.5, 0.6) is 0 Å². The van der Waals surface area contributed by atoms with Crippen LogP contribution < -0.4 is 0 Å². The molecule has 70 valence electrons. The molecule has 0 aliphatic carbocycles. The summed E-state index contributed by atoms with van der Waals surface area (Å²) >= 11 is 0. The van der Waals surface area contributed by atoms with E-state index in [2.05, 4.69) is 0 Å². The number of rotatable bonds is 1. The first-order valence-electron chi connectivity index (χ1n) is 4.63. The van der Waals surface area contributed by atoms with E-state index in [1.165, 1.54) is 6.07 Å². The zero-order chi connectivity index (χ0) is 9.26. The molecular weight excluding hydrogens is 167 g/mol. The fraction of sp³-hybridized carbons (Fsp3) is 0.455. The van der Waals surface area contributed by atoms with Crippen molar-refractivity contribution in [3.8, 4) is 0 Å². The van der Waals surface area contributed by atoms with Crippen LogP contribution in [0.4, 0.5) is 4.39 Å². The van der Waals surface area contributed by atoms with E-state index in [1.54, 1.807) is 6.07 Å². The number of halogens is 1. The van der Waals surface area contributed by atoms with Crippen LogP contribution in [0.2, 0.25) is 0 Å². The van der Waals surface area contributed by atoms with E-state index >= 15 is 0 Å². The van der Waals surface area contributed by atoms with Gasteiger partial charge in [0.2, 0.25) is 0 Å². The Labute approximate surface area is 77.5 Å². The number of hydrogen-bond donors (Lipinski definition) is 0. The Hall–Kier alpha value is -0.890. The molecule has 0 bridgehead atoms. The molecule has 0 amide bonds. The fourth-order valence-electron chi connectivity index (χ4n) is 1.84. The summed E-state index contributed by atoms with van der Waals surface area (Å²) in [6, 6.07) is 6.96. The predicted molar refractivity (Wildman–Crippen MR) is 49.2 cm³/mol. The summed E-state index contributed by atoms with van der Waals surface area (Å²) in [6.45, 7) is 2.68. The smallest absolute Gasteiger partial charge is 0.126 e. The third kappa shape index (κ3) is 1.73. The molecule has 1 aliphatic rings. The molecule has 0 N–H and O–H groups in total. The highest BCUT2D eigenvalue weighted by Gasteiger charge is 2.25. The van der Waals surface area contributed by atoms with Crippen molar-refractivity contribution in [2.24, 2.45) is 0 Å². The highest BCUT2D eigenvalue weighted by atomic mass is 19.1. The lowest BCUT2D eigenvalue weighted by atomic mass is 9.96. The van der Waals surface area contributed by atoms with Crippen molar-refractivity contribution in [2.45, 2.75) is 25.4 Å². The highest BCUT2D eigenvalue weighted by molar-refractivity contribution is 5.22. The van der Waals surface area contributed by atoms with E-state index in [4.69, 9.17) is 4.74 Å². The lowest BCUT2D eigenvalue weighted by Gasteiger charge is -2.08. The number of hydrogen-bond acceptors (Lipinski definition) is 1. The molecule has 0 unspecified atom stereocenters. The Balaban J connectivity index is 2.21. The molecule has 2 atom stereocenters. The van der Waals surface area contributed by atoms with E-state index in [1.807, 2.05) is 19.1 Å². The fourth-order valence-corrected chi connectivity index (χ4v) is 1.84. The maximum absolute atomic E-state index is 13.3. The van der Waals surface area contributed by atoms with Gasteiger partial charge in [0.15, 0.2) is 0 Å². The first kappa shape index (κ1) is 8.70. The van der Waals surface area contributed by atoms with Crippen LogP contribution in [0.3, 0.4) is 0 Å². The van der Waals surface area contributed by atoms with Gasteiger partial charge >= 0.3 is 0 Å². The third-order valence-corrected chi connectivity index (χ3v) is 2.54. The van der Waals surface area contributed by atoms with Crippen molar-refractivity contribution < 1.29 is 9.13 Å². The van der Waals surface area contributed by atoms with E-state index in [9.17, 15) is 4.39 Å². The van der Waals surface area contributed by atoms with Gasteiger partial charge in [-0.25, -0.2) is 4.39 Å². The van der Waals surface area contributed by atoms with E-state index in [-0.39, 0.29) is 17.8 Å². The summed E-state index contributed by atoms with van der Waals surface area (Å²) in [4.78, 5) is 0. The molecule has 1 fully saturated rings. The Kier molecular flexibility index (Phi) is 2.32. The van der Waals surface area contributed by atoms with Gasteiger partial charge in [0, 0.05) is 5.92 Å². The van der Waals surface area contributed by atoms with Gasteiger partial charge < -0.3 is 4.74 Å². The van der Waals surface area contributed by atoms with E-state index in [0.717, 1.165) is 12.0 Å². The standard InChI is InChI=1S/C11H13FO/c1-8-6-9(7-13-8)10-4-2-3-5-11(10)12/h2-5,8-9H,6-7H2,1H3/t8-,9-/m1/s1. The normalized spacial score (nSPS) is 27.8. The van der Waals surface area contributed by atoms with Crippen molar-refractivity contribution in [2.75, 3.05) is 6.61 Å². The average molecular weight is 180 g/mol. The molecule has 1 aliphatic heterocycles. The minimum atomic E-state index is -0.106. The molecule has 1 aromatic carbocycles. The van der Waals surface area contributed by atoms with Gasteiger partial charge in [-0.05, 0) is 25.0 Å². The van der Waals surface area contributed by atoms with E-state index in [0.29, 0.717) is 6.61 Å². The van der Waals surface area contributed by atoms with Crippen LogP contribution in [0.15, 0.2) is 24.3 Å². The first-order valence-corrected chi connectivity index (χ1v) is 4.63. The summed E-state index contributed by atoms with van der Waals surface area (Å²) in [5, 5.41) is 0. The van der Waals surface area contributed by atoms with Crippen LogP contribution >= 0.6 is 0 Å². The van der Waals surface area contributed by atoms with Crippen LogP contribution in [-0.2, 0) is 4.74 Å². The zero-order valence-electron chi connectivity index (χ0n) is 7.66. The molecule has 1 nitrogen and oxygen atoms in total. The molecule has 2 heteroatoms. The topological polar surface area (TPSA) is 9.23 Å². The molecule has 0 spiro atoms. The van der Waals surface area contributed by atoms with Crippen LogP contribution in [0.25, 0.3) is 0 Å². The highest BCUT2D eigenvalue weighted by Crippen LogP contribution is 2.30. The van der Waals surface area contributed by atoms with Gasteiger partial charge in [0.1, 0.15) is 5.82 Å². The molecule has 1 saturated heterocycles. The lowest BCUT2D eigenvalue weighted by molar-refractivity contribution is 0.123. The van der Waals surface area contributed by atoms with Crippen molar-refractivity contribution >= 4 is 0 Å². The van der Waals surface area contributed by atoms with Crippen LogP contribution in [0.1, 0.15) is 24.8 Å². The minimum Gasteiger partial charge on any atom is -0.378 e. The van der Waals surface area contributed by atoms with Gasteiger partial charge in [-0.1, -0.05) is 18.2 Å². The second-order valence-corrected chi connectivity index (χ2v) is 3.60. The van der Waals surface area contributed by atoms with Crippen molar-refractivity contribution in [3.05, 3.63) is 35.6 Å². The van der Waals surface area contributed by atoms with Crippen molar-refractivity contribution in [3.63, 3.8) is 0 Å². The molecule has 0 radical (unpaired) electrons. The van der Waals surface area contributed by atoms with Crippen LogP contribution in [-0.4, -0.2) is 12.7 Å². The molecule has 2 rings (SSSR count). The maximum atomic E-state index is 13.3. The molecule has 13 heavy (non-hydrogen) atoms. The monoisotopic (exact) mass is 180 g/mol. The molecule has 0 saturated carbocycles. The lowest BCUT2D eigenvalue weighted by Crippen LogP contribution is -2.00. The van der Waals surface area contributed by atoms with Gasteiger partial charge in [-0.3, -0.25) is 0 Å². The average Bonchev–Trinajstić information content (AvgIpc) is 2.53. The van der Waals surface area contributed by atoms with Gasteiger partial charge in [-0.2, -0.15) is 0 Å².